The second-order valence-corrected chi connectivity index (χ2v) is 3.44. The second-order valence-electron chi connectivity index (χ2n) is 3.44. The number of hydrogen-bond donors (Lipinski definition) is 0. The van der Waals surface area contributed by atoms with Crippen molar-refractivity contribution in [1.82, 2.24) is 14.8 Å². The van der Waals surface area contributed by atoms with Crippen LogP contribution in [0.5, 0.6) is 5.75 Å². The number of methoxy groups -OCH3 is 1. The lowest BCUT2D eigenvalue weighted by molar-refractivity contribution is 0.416. The van der Waals surface area contributed by atoms with Gasteiger partial charge in [-0.05, 0) is 12.1 Å². The van der Waals surface area contributed by atoms with E-state index in [0.717, 1.165) is 11.3 Å². The van der Waals surface area contributed by atoms with Crippen LogP contribution < -0.4 is 4.74 Å². The molecule has 0 aliphatic rings. The standard InChI is InChI=1S/C12H12N4O/c1-17-11-6-3-2-5-10(11)12-14-9-16(15-12)8-4-7-13/h2-3,5-6,9H,4,8H2,1H3. The molecule has 5 heteroatoms. The SMILES string of the molecule is COc1ccccc1-c1ncn(CCC#N)n1. The molecule has 0 fully saturated rings. The van der Waals surface area contributed by atoms with Crippen LogP contribution in [-0.2, 0) is 6.54 Å². The third-order valence-corrected chi connectivity index (χ3v) is 2.34. The Morgan fingerprint density at radius 1 is 1.41 bits per heavy atom. The highest BCUT2D eigenvalue weighted by molar-refractivity contribution is 5.63. The Labute approximate surface area is 99.3 Å². The van der Waals surface area contributed by atoms with Gasteiger partial charge in [0.15, 0.2) is 5.82 Å². The van der Waals surface area contributed by atoms with Crippen molar-refractivity contribution in [2.75, 3.05) is 7.11 Å². The van der Waals surface area contributed by atoms with Crippen LogP contribution in [0.15, 0.2) is 30.6 Å². The molecule has 1 aromatic carbocycles. The van der Waals surface area contributed by atoms with Gasteiger partial charge in [0.2, 0.25) is 0 Å². The van der Waals surface area contributed by atoms with Crippen LogP contribution >= 0.6 is 0 Å². The number of rotatable bonds is 4. The molecule has 2 rings (SSSR count). The zero-order valence-corrected chi connectivity index (χ0v) is 9.50. The lowest BCUT2D eigenvalue weighted by Crippen LogP contribution is -1.97. The van der Waals surface area contributed by atoms with Crippen molar-refractivity contribution in [2.45, 2.75) is 13.0 Å². The van der Waals surface area contributed by atoms with E-state index in [0.29, 0.717) is 18.8 Å². The van der Waals surface area contributed by atoms with Crippen molar-refractivity contribution in [3.05, 3.63) is 30.6 Å². The number of para-hydroxylation sites is 1. The molecule has 0 amide bonds. The molecule has 1 heterocycles. The summed E-state index contributed by atoms with van der Waals surface area (Å²) < 4.78 is 6.91. The third kappa shape index (κ3) is 2.42. The summed E-state index contributed by atoms with van der Waals surface area (Å²) in [6, 6.07) is 9.65. The smallest absolute Gasteiger partial charge is 0.184 e. The number of aryl methyl sites for hydroxylation is 1. The lowest BCUT2D eigenvalue weighted by atomic mass is 10.2. The van der Waals surface area contributed by atoms with Gasteiger partial charge in [0, 0.05) is 0 Å². The van der Waals surface area contributed by atoms with E-state index >= 15 is 0 Å². The van der Waals surface area contributed by atoms with Gasteiger partial charge < -0.3 is 4.74 Å². The average molecular weight is 228 g/mol. The Morgan fingerprint density at radius 2 is 2.24 bits per heavy atom. The Hall–Kier alpha value is -2.35. The van der Waals surface area contributed by atoms with Crippen LogP contribution in [0.4, 0.5) is 0 Å². The molecular formula is C12H12N4O. The molecule has 0 saturated heterocycles. The highest BCUT2D eigenvalue weighted by Gasteiger charge is 2.09. The van der Waals surface area contributed by atoms with Gasteiger partial charge in [-0.1, -0.05) is 12.1 Å². The van der Waals surface area contributed by atoms with Gasteiger partial charge in [0.05, 0.1) is 31.7 Å². The Balaban J connectivity index is 2.28. The van der Waals surface area contributed by atoms with Crippen LogP contribution in [0.1, 0.15) is 6.42 Å². The summed E-state index contributed by atoms with van der Waals surface area (Å²) >= 11 is 0. The molecule has 0 spiro atoms. The summed E-state index contributed by atoms with van der Waals surface area (Å²) in [5, 5.41) is 12.8. The predicted molar refractivity (Wildman–Crippen MR) is 62.2 cm³/mol. The number of benzene rings is 1. The van der Waals surface area contributed by atoms with Crippen molar-refractivity contribution in [2.24, 2.45) is 0 Å². The normalized spacial score (nSPS) is 9.88. The first-order valence-electron chi connectivity index (χ1n) is 5.25. The number of hydrogen-bond acceptors (Lipinski definition) is 4. The van der Waals surface area contributed by atoms with E-state index in [1.165, 1.54) is 0 Å². The minimum Gasteiger partial charge on any atom is -0.496 e. The second kappa shape index (κ2) is 5.12. The van der Waals surface area contributed by atoms with Crippen LogP contribution in [-0.4, -0.2) is 21.9 Å². The molecular weight excluding hydrogens is 216 g/mol. The van der Waals surface area contributed by atoms with Gasteiger partial charge in [-0.25, -0.2) is 4.98 Å². The lowest BCUT2D eigenvalue weighted by Gasteiger charge is -2.03. The van der Waals surface area contributed by atoms with Crippen molar-refractivity contribution in [1.29, 1.82) is 5.26 Å². The molecule has 0 radical (unpaired) electrons. The van der Waals surface area contributed by atoms with Crippen LogP contribution in [0.25, 0.3) is 11.4 Å². The van der Waals surface area contributed by atoms with E-state index < -0.39 is 0 Å². The molecule has 0 bridgehead atoms. The minimum atomic E-state index is 0.425. The first-order chi connectivity index (χ1) is 8.35. The van der Waals surface area contributed by atoms with Crippen molar-refractivity contribution in [3.8, 4) is 23.2 Å². The topological polar surface area (TPSA) is 63.7 Å². The average Bonchev–Trinajstić information content (AvgIpc) is 2.85. The van der Waals surface area contributed by atoms with Gasteiger partial charge in [-0.15, -0.1) is 0 Å². The maximum atomic E-state index is 8.50. The molecule has 2 aromatic rings. The predicted octanol–water partition coefficient (Wildman–Crippen LogP) is 1.87. The fourth-order valence-electron chi connectivity index (χ4n) is 1.52. The Bertz CT molecular complexity index is 541. The van der Waals surface area contributed by atoms with Crippen LogP contribution in [0.3, 0.4) is 0 Å². The monoisotopic (exact) mass is 228 g/mol. The summed E-state index contributed by atoms with van der Waals surface area (Å²) in [6.45, 7) is 0.554. The molecule has 0 aliphatic carbocycles. The minimum absolute atomic E-state index is 0.425. The van der Waals surface area contributed by atoms with E-state index in [1.54, 1.807) is 18.1 Å². The zero-order chi connectivity index (χ0) is 12.1. The quantitative estimate of drug-likeness (QED) is 0.801. The van der Waals surface area contributed by atoms with E-state index in [1.807, 2.05) is 24.3 Å². The highest BCUT2D eigenvalue weighted by atomic mass is 16.5. The summed E-state index contributed by atoms with van der Waals surface area (Å²) in [5.41, 5.74) is 0.853. The highest BCUT2D eigenvalue weighted by Crippen LogP contribution is 2.26. The third-order valence-electron chi connectivity index (χ3n) is 2.34. The van der Waals surface area contributed by atoms with Gasteiger partial charge in [0.25, 0.3) is 0 Å². The van der Waals surface area contributed by atoms with E-state index in [9.17, 15) is 0 Å². The number of nitrogens with zero attached hydrogens (tertiary/aromatic N) is 4. The molecule has 0 aliphatic heterocycles. The number of ether oxygens (including phenoxy) is 1. The summed E-state index contributed by atoms with van der Waals surface area (Å²) in [6.07, 6.45) is 2.05. The van der Waals surface area contributed by atoms with Gasteiger partial charge in [-0.2, -0.15) is 10.4 Å². The maximum absolute atomic E-state index is 8.50. The molecule has 0 unspecified atom stereocenters. The molecule has 0 atom stereocenters. The van der Waals surface area contributed by atoms with E-state index in [4.69, 9.17) is 10.00 Å². The summed E-state index contributed by atoms with van der Waals surface area (Å²) in [4.78, 5) is 4.21. The fourth-order valence-corrected chi connectivity index (χ4v) is 1.52. The first kappa shape index (κ1) is 11.1. The molecule has 86 valence electrons. The van der Waals surface area contributed by atoms with Crippen LogP contribution in [0, 0.1) is 11.3 Å². The maximum Gasteiger partial charge on any atom is 0.184 e. The van der Waals surface area contributed by atoms with Crippen LogP contribution in [0.2, 0.25) is 0 Å². The van der Waals surface area contributed by atoms with Gasteiger partial charge >= 0.3 is 0 Å². The Morgan fingerprint density at radius 3 is 3.00 bits per heavy atom. The zero-order valence-electron chi connectivity index (χ0n) is 9.50. The van der Waals surface area contributed by atoms with Gasteiger partial charge in [0.1, 0.15) is 12.1 Å². The van der Waals surface area contributed by atoms with E-state index in [2.05, 4.69) is 16.2 Å². The molecule has 0 N–H and O–H groups in total. The number of aromatic nitrogens is 3. The molecule has 0 saturated carbocycles. The molecule has 1 aromatic heterocycles. The fraction of sp³-hybridized carbons (Fsp3) is 0.250. The largest absolute Gasteiger partial charge is 0.496 e. The van der Waals surface area contributed by atoms with Gasteiger partial charge in [-0.3, -0.25) is 4.68 Å². The number of nitriles is 1. The van der Waals surface area contributed by atoms with Crippen molar-refractivity contribution in [3.63, 3.8) is 0 Å². The summed E-state index contributed by atoms with van der Waals surface area (Å²) in [5.74, 6) is 1.35. The Kier molecular flexibility index (Phi) is 3.36. The van der Waals surface area contributed by atoms with Crippen molar-refractivity contribution >= 4 is 0 Å². The summed E-state index contributed by atoms with van der Waals surface area (Å²) in [7, 11) is 1.62. The first-order valence-corrected chi connectivity index (χ1v) is 5.25. The van der Waals surface area contributed by atoms with Crippen molar-refractivity contribution < 1.29 is 4.74 Å². The molecule has 17 heavy (non-hydrogen) atoms. The molecule has 5 nitrogen and oxygen atoms in total. The van der Waals surface area contributed by atoms with E-state index in [-0.39, 0.29) is 0 Å².